The van der Waals surface area contributed by atoms with Crippen LogP contribution < -0.4 is 5.43 Å². The van der Waals surface area contributed by atoms with Gasteiger partial charge in [0.25, 0.3) is 5.91 Å². The number of nitrogens with zero attached hydrogens (tertiary/aromatic N) is 2. The molecular formula is C13H16BrN3O2. The minimum absolute atomic E-state index is 0.126. The molecule has 5 nitrogen and oxygen atoms in total. The minimum atomic E-state index is -0.132. The van der Waals surface area contributed by atoms with Crippen LogP contribution in [0.4, 0.5) is 0 Å². The first-order chi connectivity index (χ1) is 9.15. The lowest BCUT2D eigenvalue weighted by molar-refractivity contribution is -0.121. The summed E-state index contributed by atoms with van der Waals surface area (Å²) in [6, 6.07) is 5.03. The summed E-state index contributed by atoms with van der Waals surface area (Å²) >= 11 is 3.31. The van der Waals surface area contributed by atoms with E-state index in [1.807, 2.05) is 0 Å². The zero-order valence-electron chi connectivity index (χ0n) is 10.5. The van der Waals surface area contributed by atoms with Gasteiger partial charge in [0, 0.05) is 10.0 Å². The number of amides is 1. The van der Waals surface area contributed by atoms with Crippen molar-refractivity contribution < 1.29 is 9.90 Å². The molecule has 2 rings (SSSR count). The first kappa shape index (κ1) is 14.0. The molecule has 1 aromatic carbocycles. The van der Waals surface area contributed by atoms with Gasteiger partial charge in [-0.15, -0.1) is 0 Å². The lowest BCUT2D eigenvalue weighted by Gasteiger charge is -2.12. The third kappa shape index (κ3) is 4.33. The van der Waals surface area contributed by atoms with E-state index in [0.717, 1.165) is 30.4 Å². The molecule has 1 saturated heterocycles. The number of benzene rings is 1. The highest BCUT2D eigenvalue weighted by molar-refractivity contribution is 9.10. The number of hydrogen-bond donors (Lipinski definition) is 2. The Hall–Kier alpha value is -1.40. The number of nitrogens with one attached hydrogen (secondary N) is 1. The topological polar surface area (TPSA) is 64.9 Å². The summed E-state index contributed by atoms with van der Waals surface area (Å²) in [5, 5.41) is 13.5. The van der Waals surface area contributed by atoms with Crippen LogP contribution in [0.2, 0.25) is 0 Å². The SMILES string of the molecule is O=C(CN1CCCC1)NN=Cc1cc(Br)ccc1O. The number of carbonyl (C=O) groups is 1. The van der Waals surface area contributed by atoms with Crippen LogP contribution in [0, 0.1) is 0 Å². The molecule has 102 valence electrons. The fourth-order valence-corrected chi connectivity index (χ4v) is 2.36. The Morgan fingerprint density at radius 2 is 2.21 bits per heavy atom. The van der Waals surface area contributed by atoms with Crippen LogP contribution >= 0.6 is 15.9 Å². The van der Waals surface area contributed by atoms with Gasteiger partial charge in [0.05, 0.1) is 12.8 Å². The standard InChI is InChI=1S/C13H16BrN3O2/c14-11-3-4-12(18)10(7-11)8-15-16-13(19)9-17-5-1-2-6-17/h3-4,7-8,18H,1-2,5-6,9H2,(H,16,19). The summed E-state index contributed by atoms with van der Waals surface area (Å²) in [5.74, 6) is -0.00613. The summed E-state index contributed by atoms with van der Waals surface area (Å²) in [6.07, 6.45) is 3.74. The molecule has 1 fully saturated rings. The molecule has 19 heavy (non-hydrogen) atoms. The van der Waals surface area contributed by atoms with Gasteiger partial charge in [-0.1, -0.05) is 15.9 Å². The lowest BCUT2D eigenvalue weighted by atomic mass is 10.2. The van der Waals surface area contributed by atoms with E-state index >= 15 is 0 Å². The average molecular weight is 326 g/mol. The highest BCUT2D eigenvalue weighted by Gasteiger charge is 2.14. The van der Waals surface area contributed by atoms with Crippen molar-refractivity contribution in [2.45, 2.75) is 12.8 Å². The Balaban J connectivity index is 1.85. The molecule has 2 N–H and O–H groups in total. The summed E-state index contributed by atoms with van der Waals surface area (Å²) in [6.45, 7) is 2.33. The molecule has 0 radical (unpaired) electrons. The normalized spacial score (nSPS) is 16.1. The molecule has 0 aliphatic carbocycles. The Labute approximate surface area is 120 Å². The molecule has 0 saturated carbocycles. The van der Waals surface area contributed by atoms with Crippen molar-refractivity contribution in [1.29, 1.82) is 0 Å². The molecule has 0 atom stereocenters. The quantitative estimate of drug-likeness (QED) is 0.654. The number of carbonyl (C=O) groups excluding carboxylic acids is 1. The number of aromatic hydroxyl groups is 1. The third-order valence-electron chi connectivity index (χ3n) is 2.95. The monoisotopic (exact) mass is 325 g/mol. The van der Waals surface area contributed by atoms with E-state index in [9.17, 15) is 9.90 Å². The molecule has 0 unspecified atom stereocenters. The van der Waals surface area contributed by atoms with Crippen LogP contribution in [-0.4, -0.2) is 41.8 Å². The molecule has 1 aromatic rings. The van der Waals surface area contributed by atoms with Gasteiger partial charge in [-0.3, -0.25) is 9.69 Å². The molecule has 1 aliphatic heterocycles. The van der Waals surface area contributed by atoms with E-state index in [4.69, 9.17) is 0 Å². The molecule has 6 heteroatoms. The number of hydrogen-bond acceptors (Lipinski definition) is 4. The maximum atomic E-state index is 11.6. The fraction of sp³-hybridized carbons (Fsp3) is 0.385. The van der Waals surface area contributed by atoms with Crippen LogP contribution in [-0.2, 0) is 4.79 Å². The van der Waals surface area contributed by atoms with Crippen molar-refractivity contribution in [2.24, 2.45) is 5.10 Å². The smallest absolute Gasteiger partial charge is 0.254 e. The Morgan fingerprint density at radius 3 is 2.95 bits per heavy atom. The van der Waals surface area contributed by atoms with Crippen molar-refractivity contribution in [3.05, 3.63) is 28.2 Å². The largest absolute Gasteiger partial charge is 0.507 e. The Bertz CT molecular complexity index is 485. The molecule has 0 bridgehead atoms. The zero-order chi connectivity index (χ0) is 13.7. The van der Waals surface area contributed by atoms with E-state index in [-0.39, 0.29) is 11.7 Å². The number of phenols is 1. The summed E-state index contributed by atoms with van der Waals surface area (Å²) in [5.41, 5.74) is 3.02. The molecule has 0 aromatic heterocycles. The van der Waals surface area contributed by atoms with E-state index in [1.165, 1.54) is 6.21 Å². The van der Waals surface area contributed by atoms with Crippen LogP contribution in [0.3, 0.4) is 0 Å². The van der Waals surface area contributed by atoms with E-state index in [2.05, 4.69) is 31.4 Å². The fourth-order valence-electron chi connectivity index (χ4n) is 1.98. The summed E-state index contributed by atoms with van der Waals surface area (Å²) in [4.78, 5) is 13.7. The van der Waals surface area contributed by atoms with E-state index < -0.39 is 0 Å². The predicted octanol–water partition coefficient (Wildman–Crippen LogP) is 1.70. The molecule has 1 heterocycles. The minimum Gasteiger partial charge on any atom is -0.507 e. The zero-order valence-corrected chi connectivity index (χ0v) is 12.1. The van der Waals surface area contributed by atoms with E-state index in [1.54, 1.807) is 18.2 Å². The van der Waals surface area contributed by atoms with Gasteiger partial charge in [-0.25, -0.2) is 5.43 Å². The van der Waals surface area contributed by atoms with Gasteiger partial charge in [0.15, 0.2) is 0 Å². The molecule has 1 amide bonds. The van der Waals surface area contributed by atoms with Crippen molar-refractivity contribution in [2.75, 3.05) is 19.6 Å². The van der Waals surface area contributed by atoms with Gasteiger partial charge < -0.3 is 5.11 Å². The van der Waals surface area contributed by atoms with Crippen LogP contribution in [0.1, 0.15) is 18.4 Å². The number of hydrazone groups is 1. The number of rotatable bonds is 4. The third-order valence-corrected chi connectivity index (χ3v) is 3.44. The van der Waals surface area contributed by atoms with Gasteiger partial charge in [0.1, 0.15) is 5.75 Å². The maximum Gasteiger partial charge on any atom is 0.254 e. The second kappa shape index (κ2) is 6.68. The van der Waals surface area contributed by atoms with E-state index in [0.29, 0.717) is 12.1 Å². The van der Waals surface area contributed by atoms with Gasteiger partial charge in [0.2, 0.25) is 0 Å². The lowest BCUT2D eigenvalue weighted by Crippen LogP contribution is -2.33. The Kier molecular flexibility index (Phi) is 4.93. The summed E-state index contributed by atoms with van der Waals surface area (Å²) in [7, 11) is 0. The summed E-state index contributed by atoms with van der Waals surface area (Å²) < 4.78 is 0.843. The second-order valence-electron chi connectivity index (χ2n) is 4.48. The molecular weight excluding hydrogens is 310 g/mol. The average Bonchev–Trinajstić information content (AvgIpc) is 2.86. The van der Waals surface area contributed by atoms with Crippen molar-refractivity contribution >= 4 is 28.1 Å². The Morgan fingerprint density at radius 1 is 1.47 bits per heavy atom. The van der Waals surface area contributed by atoms with Crippen molar-refractivity contribution in [3.63, 3.8) is 0 Å². The van der Waals surface area contributed by atoms with Crippen LogP contribution in [0.15, 0.2) is 27.8 Å². The van der Waals surface area contributed by atoms with Crippen LogP contribution in [0.25, 0.3) is 0 Å². The number of phenolic OH excluding ortho intramolecular Hbond substituents is 1. The second-order valence-corrected chi connectivity index (χ2v) is 5.40. The van der Waals surface area contributed by atoms with Gasteiger partial charge in [-0.05, 0) is 44.1 Å². The molecule has 0 spiro atoms. The van der Waals surface area contributed by atoms with Crippen molar-refractivity contribution in [1.82, 2.24) is 10.3 Å². The van der Waals surface area contributed by atoms with Crippen LogP contribution in [0.5, 0.6) is 5.75 Å². The number of halogens is 1. The predicted molar refractivity (Wildman–Crippen MR) is 77.2 cm³/mol. The first-order valence-electron chi connectivity index (χ1n) is 6.18. The highest BCUT2D eigenvalue weighted by Crippen LogP contribution is 2.19. The van der Waals surface area contributed by atoms with Crippen molar-refractivity contribution in [3.8, 4) is 5.75 Å². The first-order valence-corrected chi connectivity index (χ1v) is 6.97. The molecule has 1 aliphatic rings. The van der Waals surface area contributed by atoms with Gasteiger partial charge >= 0.3 is 0 Å². The van der Waals surface area contributed by atoms with Gasteiger partial charge in [-0.2, -0.15) is 5.10 Å². The number of likely N-dealkylation sites (tertiary alicyclic amines) is 1. The maximum absolute atomic E-state index is 11.6. The highest BCUT2D eigenvalue weighted by atomic mass is 79.9.